The van der Waals surface area contributed by atoms with Crippen molar-refractivity contribution in [3.05, 3.63) is 63.7 Å². The third-order valence-corrected chi connectivity index (χ3v) is 6.95. The molecule has 1 amide bonds. The predicted molar refractivity (Wildman–Crippen MR) is 151 cm³/mol. The number of methoxy groups -OCH3 is 1. The van der Waals surface area contributed by atoms with Crippen LogP contribution in [0.1, 0.15) is 60.4 Å². The minimum Gasteiger partial charge on any atom is -0.496 e. The van der Waals surface area contributed by atoms with Crippen molar-refractivity contribution in [1.82, 2.24) is 19.9 Å². The molecule has 0 aliphatic carbocycles. The molecule has 3 rings (SSSR count). The zero-order valence-corrected chi connectivity index (χ0v) is 23.8. The van der Waals surface area contributed by atoms with Crippen LogP contribution < -0.4 is 15.8 Å². The Bertz CT molecular complexity index is 1390. The Hall–Kier alpha value is -3.79. The van der Waals surface area contributed by atoms with E-state index in [0.717, 1.165) is 5.56 Å². The molecule has 0 saturated carbocycles. The van der Waals surface area contributed by atoms with Gasteiger partial charge in [-0.2, -0.15) is 0 Å². The summed E-state index contributed by atoms with van der Waals surface area (Å²) in [5, 5.41) is 3.69. The topological polar surface area (TPSA) is 106 Å². The molecule has 0 spiro atoms. The van der Waals surface area contributed by atoms with Crippen molar-refractivity contribution in [2.45, 2.75) is 46.6 Å². The second kappa shape index (κ2) is 12.4. The molecule has 1 atom stereocenters. The fourth-order valence-corrected chi connectivity index (χ4v) is 4.50. The molecular weight excluding hydrogens is 526 g/mol. The third-order valence-electron chi connectivity index (χ3n) is 6.56. The highest BCUT2D eigenvalue weighted by molar-refractivity contribution is 6.32. The van der Waals surface area contributed by atoms with Crippen LogP contribution in [0.2, 0.25) is 5.02 Å². The summed E-state index contributed by atoms with van der Waals surface area (Å²) in [5.74, 6) is 0.427. The first kappa shape index (κ1) is 29.8. The zero-order chi connectivity index (χ0) is 29.0. The quantitative estimate of drug-likeness (QED) is 0.312. The molecule has 0 saturated heterocycles. The van der Waals surface area contributed by atoms with Crippen LogP contribution in [0.25, 0.3) is 16.7 Å². The number of nitrogen functional groups attached to an aromatic ring is 1. The van der Waals surface area contributed by atoms with E-state index in [4.69, 9.17) is 22.1 Å². The number of halogens is 3. The lowest BCUT2D eigenvalue weighted by atomic mass is 9.94. The molecule has 0 radical (unpaired) electrons. The van der Waals surface area contributed by atoms with Crippen LogP contribution >= 0.6 is 11.6 Å². The number of hydrogen-bond donors (Lipinski definition) is 2. The van der Waals surface area contributed by atoms with Gasteiger partial charge in [-0.15, -0.1) is 0 Å². The molecule has 1 aromatic carbocycles. The molecule has 11 heteroatoms. The first-order valence-corrected chi connectivity index (χ1v) is 12.7. The number of hydrogen-bond acceptors (Lipinski definition) is 7. The van der Waals surface area contributed by atoms with Crippen molar-refractivity contribution in [2.75, 3.05) is 32.3 Å². The summed E-state index contributed by atoms with van der Waals surface area (Å²) in [6, 6.07) is 4.69. The van der Waals surface area contributed by atoms with E-state index >= 15 is 0 Å². The fourth-order valence-electron chi connectivity index (χ4n) is 4.29. The number of benzene rings is 1. The largest absolute Gasteiger partial charge is 0.496 e. The molecule has 2 heterocycles. The molecule has 0 bridgehead atoms. The van der Waals surface area contributed by atoms with Gasteiger partial charge in [-0.3, -0.25) is 9.78 Å². The number of aromatic nitrogens is 3. The van der Waals surface area contributed by atoms with Crippen LogP contribution in [0, 0.1) is 6.92 Å². The van der Waals surface area contributed by atoms with Gasteiger partial charge < -0.3 is 20.7 Å². The number of nitrogens with zero attached hydrogens (tertiary/aromatic N) is 4. The predicted octanol–water partition coefficient (Wildman–Crippen LogP) is 6.41. The van der Waals surface area contributed by atoms with Crippen LogP contribution in [0.4, 0.5) is 20.4 Å². The van der Waals surface area contributed by atoms with Crippen LogP contribution in [0.5, 0.6) is 5.75 Å². The zero-order valence-electron chi connectivity index (χ0n) is 23.1. The van der Waals surface area contributed by atoms with Crippen molar-refractivity contribution in [2.24, 2.45) is 0 Å². The van der Waals surface area contributed by atoms with E-state index in [9.17, 15) is 13.6 Å². The molecule has 1 unspecified atom stereocenters. The smallest absolute Gasteiger partial charge is 0.271 e. The van der Waals surface area contributed by atoms with Crippen molar-refractivity contribution < 1.29 is 18.3 Å². The highest BCUT2D eigenvalue weighted by Crippen LogP contribution is 2.43. The minimum absolute atomic E-state index is 0.0455. The van der Waals surface area contributed by atoms with Crippen LogP contribution in [0.3, 0.4) is 0 Å². The number of pyridine rings is 1. The van der Waals surface area contributed by atoms with E-state index in [1.165, 1.54) is 18.3 Å². The van der Waals surface area contributed by atoms with Gasteiger partial charge >= 0.3 is 0 Å². The highest BCUT2D eigenvalue weighted by Gasteiger charge is 2.26. The maximum atomic E-state index is 14.2. The number of amides is 1. The first-order valence-electron chi connectivity index (χ1n) is 12.3. The van der Waals surface area contributed by atoms with E-state index in [1.807, 2.05) is 13.8 Å². The number of carbonyl (C=O) groups is 1. The standard InChI is InChI=1S/C28H33ClF2N6O2/c1-8-14(2)21(25(30)31)23-26(32)34-13-35-27(23)36-16(4)18-11-19(29)15(3)22(24(18)39-7)17-9-10-20(33-12-17)28(38)37(5)6/h9-13,16,25H,8H2,1-7H3,(H3,32,34,35,36). The van der Waals surface area contributed by atoms with E-state index < -0.39 is 12.5 Å². The second-order valence-corrected chi connectivity index (χ2v) is 9.72. The van der Waals surface area contributed by atoms with Crippen molar-refractivity contribution in [1.29, 1.82) is 0 Å². The highest BCUT2D eigenvalue weighted by atomic mass is 35.5. The van der Waals surface area contributed by atoms with Gasteiger partial charge in [0.2, 0.25) is 0 Å². The molecule has 0 fully saturated rings. The van der Waals surface area contributed by atoms with E-state index in [0.29, 0.717) is 45.2 Å². The van der Waals surface area contributed by atoms with E-state index in [-0.39, 0.29) is 28.7 Å². The Morgan fingerprint density at radius 2 is 1.92 bits per heavy atom. The van der Waals surface area contributed by atoms with Crippen molar-refractivity contribution >= 4 is 34.7 Å². The fraction of sp³-hybridized carbons (Fsp3) is 0.357. The summed E-state index contributed by atoms with van der Waals surface area (Å²) in [7, 11) is 4.85. The van der Waals surface area contributed by atoms with Gasteiger partial charge in [0.25, 0.3) is 12.3 Å². The lowest BCUT2D eigenvalue weighted by Gasteiger charge is -2.24. The molecular formula is C28H33ClF2N6O2. The lowest BCUT2D eigenvalue weighted by molar-refractivity contribution is 0.0822. The Balaban J connectivity index is 2.13. The van der Waals surface area contributed by atoms with Crippen LogP contribution in [-0.2, 0) is 0 Å². The third kappa shape index (κ3) is 6.11. The first-order chi connectivity index (χ1) is 18.4. The molecule has 8 nitrogen and oxygen atoms in total. The normalized spacial score (nSPS) is 12.7. The maximum absolute atomic E-state index is 14.2. The second-order valence-electron chi connectivity index (χ2n) is 9.31. The average Bonchev–Trinajstić information content (AvgIpc) is 2.90. The number of carbonyl (C=O) groups excluding carboxylic acids is 1. The SMILES string of the molecule is CCC(C)=C(c1c(N)ncnc1NC(C)c1cc(Cl)c(C)c(-c2ccc(C(=O)N(C)C)nc2)c1OC)C(F)F. The summed E-state index contributed by atoms with van der Waals surface area (Å²) in [4.78, 5) is 26.3. The van der Waals surface area contributed by atoms with Gasteiger partial charge in [-0.25, -0.2) is 18.7 Å². The number of allylic oxidation sites excluding steroid dienone is 2. The van der Waals surface area contributed by atoms with Gasteiger partial charge in [0.05, 0.1) is 18.7 Å². The Morgan fingerprint density at radius 1 is 1.23 bits per heavy atom. The number of anilines is 2. The summed E-state index contributed by atoms with van der Waals surface area (Å²) in [5.41, 5.74) is 9.56. The van der Waals surface area contributed by atoms with E-state index in [1.54, 1.807) is 52.3 Å². The molecule has 39 heavy (non-hydrogen) atoms. The van der Waals surface area contributed by atoms with Gasteiger partial charge in [0.15, 0.2) is 0 Å². The number of ether oxygens (including phenoxy) is 1. The summed E-state index contributed by atoms with van der Waals surface area (Å²) in [6.45, 7) is 7.13. The van der Waals surface area contributed by atoms with Gasteiger partial charge in [-0.1, -0.05) is 30.2 Å². The molecule has 3 N–H and O–H groups in total. The maximum Gasteiger partial charge on any atom is 0.271 e. The number of alkyl halides is 2. The molecule has 0 aliphatic heterocycles. The Kier molecular flexibility index (Phi) is 9.45. The molecule has 208 valence electrons. The summed E-state index contributed by atoms with van der Waals surface area (Å²) < 4.78 is 34.2. The number of nitrogens with one attached hydrogen (secondary N) is 1. The van der Waals surface area contributed by atoms with Crippen LogP contribution in [0.15, 0.2) is 36.3 Å². The Morgan fingerprint density at radius 3 is 2.46 bits per heavy atom. The van der Waals surface area contributed by atoms with Gasteiger partial charge in [0.1, 0.15) is 29.4 Å². The van der Waals surface area contributed by atoms with Crippen LogP contribution in [-0.4, -0.2) is 53.4 Å². The molecule has 0 aliphatic rings. The van der Waals surface area contributed by atoms with E-state index in [2.05, 4.69) is 20.3 Å². The minimum atomic E-state index is -2.76. The average molecular weight is 559 g/mol. The molecule has 2 aromatic heterocycles. The van der Waals surface area contributed by atoms with Gasteiger partial charge in [-0.05, 0) is 44.9 Å². The van der Waals surface area contributed by atoms with Crippen molar-refractivity contribution in [3.8, 4) is 16.9 Å². The summed E-state index contributed by atoms with van der Waals surface area (Å²) >= 11 is 6.66. The number of rotatable bonds is 9. The molecule has 3 aromatic rings. The van der Waals surface area contributed by atoms with Crippen molar-refractivity contribution in [3.63, 3.8) is 0 Å². The summed E-state index contributed by atoms with van der Waals surface area (Å²) in [6.07, 6.45) is 0.473. The Labute approximate surface area is 232 Å². The number of nitrogens with two attached hydrogens (primary N) is 1. The monoisotopic (exact) mass is 558 g/mol. The lowest BCUT2D eigenvalue weighted by Crippen LogP contribution is -2.22. The van der Waals surface area contributed by atoms with Gasteiger partial charge in [0, 0.05) is 47.6 Å².